The first kappa shape index (κ1) is 27.2. The molecule has 212 valence electrons. The van der Waals surface area contributed by atoms with Crippen molar-refractivity contribution in [2.75, 3.05) is 13.1 Å². The van der Waals surface area contributed by atoms with Gasteiger partial charge in [-0.2, -0.15) is 15.1 Å². The van der Waals surface area contributed by atoms with E-state index in [1.165, 1.54) is 6.07 Å². The number of nitriles is 1. The van der Waals surface area contributed by atoms with Crippen LogP contribution in [0.3, 0.4) is 0 Å². The number of alkyl halides is 2. The van der Waals surface area contributed by atoms with Gasteiger partial charge in [-0.25, -0.2) is 17.2 Å². The van der Waals surface area contributed by atoms with Gasteiger partial charge in [0, 0.05) is 31.4 Å². The average Bonchev–Trinajstić information content (AvgIpc) is 3.33. The molecule has 2 aliphatic carbocycles. The summed E-state index contributed by atoms with van der Waals surface area (Å²) in [5.41, 5.74) is 0.634. The second kappa shape index (κ2) is 10.1. The van der Waals surface area contributed by atoms with Gasteiger partial charge in [-0.3, -0.25) is 9.48 Å². The van der Waals surface area contributed by atoms with Gasteiger partial charge in [0.05, 0.1) is 16.5 Å². The molecule has 1 aliphatic heterocycles. The number of benzene rings is 1. The van der Waals surface area contributed by atoms with Crippen LogP contribution in [0.25, 0.3) is 21.6 Å². The van der Waals surface area contributed by atoms with Gasteiger partial charge in [-0.15, -0.1) is 10.2 Å². The highest BCUT2D eigenvalue weighted by Gasteiger charge is 2.47. The number of likely N-dealkylation sites (tertiary alicyclic amines) is 1. The normalized spacial score (nSPS) is 22.6. The van der Waals surface area contributed by atoms with Gasteiger partial charge < -0.3 is 4.90 Å². The summed E-state index contributed by atoms with van der Waals surface area (Å²) in [7, 11) is -2.35. The number of amides is 1. The van der Waals surface area contributed by atoms with Gasteiger partial charge in [0.15, 0.2) is 10.0 Å². The third kappa shape index (κ3) is 4.88. The van der Waals surface area contributed by atoms with Crippen LogP contribution >= 0.6 is 11.3 Å². The number of carbonyl (C=O) groups is 1. The lowest BCUT2D eigenvalue weighted by atomic mass is 9.77. The molecular weight excluding hydrogens is 560 g/mol. The molecule has 10 nitrogen and oxygen atoms in total. The van der Waals surface area contributed by atoms with Gasteiger partial charge in [-0.05, 0) is 75.0 Å². The van der Waals surface area contributed by atoms with E-state index in [1.54, 1.807) is 17.8 Å². The lowest BCUT2D eigenvalue weighted by Crippen LogP contribution is -2.36. The summed E-state index contributed by atoms with van der Waals surface area (Å²) in [6.07, 6.45) is 2.98. The minimum absolute atomic E-state index is 0.0142. The Morgan fingerprint density at radius 3 is 2.48 bits per heavy atom. The van der Waals surface area contributed by atoms with Gasteiger partial charge in [0.25, 0.3) is 6.43 Å². The van der Waals surface area contributed by atoms with Crippen molar-refractivity contribution < 1.29 is 22.0 Å². The zero-order valence-electron chi connectivity index (χ0n) is 21.9. The molecule has 1 amide bonds. The molecule has 3 aromatic rings. The van der Waals surface area contributed by atoms with Crippen LogP contribution in [0.5, 0.6) is 0 Å². The summed E-state index contributed by atoms with van der Waals surface area (Å²) in [4.78, 5) is 14.9. The molecule has 1 saturated heterocycles. The van der Waals surface area contributed by atoms with E-state index in [0.717, 1.165) is 42.8 Å². The molecule has 3 aliphatic rings. The zero-order valence-corrected chi connectivity index (χ0v) is 23.6. The van der Waals surface area contributed by atoms with Crippen molar-refractivity contribution in [3.8, 4) is 16.8 Å². The van der Waals surface area contributed by atoms with E-state index in [2.05, 4.69) is 26.1 Å². The van der Waals surface area contributed by atoms with Crippen molar-refractivity contribution in [1.29, 1.82) is 5.26 Å². The zero-order chi connectivity index (χ0) is 28.2. The van der Waals surface area contributed by atoms with Crippen LogP contribution < -0.4 is 4.72 Å². The Labute approximate surface area is 234 Å². The highest BCUT2D eigenvalue weighted by Crippen LogP contribution is 2.43. The maximum atomic E-state index is 13.5. The van der Waals surface area contributed by atoms with Crippen molar-refractivity contribution in [2.45, 2.75) is 74.1 Å². The molecule has 0 atom stereocenters. The first-order valence-corrected chi connectivity index (χ1v) is 15.8. The molecule has 1 N–H and O–H groups in total. The molecule has 2 saturated carbocycles. The van der Waals surface area contributed by atoms with E-state index >= 15 is 0 Å². The summed E-state index contributed by atoms with van der Waals surface area (Å²) >= 11 is 0.718. The molecule has 0 spiro atoms. The van der Waals surface area contributed by atoms with Crippen LogP contribution in [-0.2, 0) is 21.9 Å². The number of aromatic nitrogens is 4. The largest absolute Gasteiger partial charge is 0.342 e. The molecule has 6 rings (SSSR count). The smallest absolute Gasteiger partial charge is 0.291 e. The van der Waals surface area contributed by atoms with E-state index in [9.17, 15) is 27.3 Å². The van der Waals surface area contributed by atoms with Crippen LogP contribution in [0.2, 0.25) is 0 Å². The maximum Gasteiger partial charge on any atom is 0.291 e. The van der Waals surface area contributed by atoms with Crippen molar-refractivity contribution in [3.63, 3.8) is 0 Å². The van der Waals surface area contributed by atoms with Crippen LogP contribution in [0.1, 0.15) is 74.3 Å². The fourth-order valence-corrected chi connectivity index (χ4v) is 8.13. The fourth-order valence-electron chi connectivity index (χ4n) is 5.99. The molecule has 3 heterocycles. The molecular formula is C26H29F2N7O3S2. The first-order chi connectivity index (χ1) is 19.1. The Hall–Kier alpha value is -3.02. The maximum absolute atomic E-state index is 13.5. The molecule has 40 heavy (non-hydrogen) atoms. The third-order valence-corrected chi connectivity index (χ3v) is 10.8. The molecule has 0 radical (unpaired) electrons. The van der Waals surface area contributed by atoms with Crippen molar-refractivity contribution in [2.24, 2.45) is 13.0 Å². The Balaban J connectivity index is 1.40. The van der Waals surface area contributed by atoms with E-state index in [4.69, 9.17) is 0 Å². The summed E-state index contributed by atoms with van der Waals surface area (Å²) < 4.78 is 57.7. The van der Waals surface area contributed by atoms with Gasteiger partial charge in [0.1, 0.15) is 11.2 Å². The topological polar surface area (TPSA) is 134 Å². The first-order valence-electron chi connectivity index (χ1n) is 13.5. The van der Waals surface area contributed by atoms with E-state index in [-0.39, 0.29) is 33.3 Å². The second-order valence-electron chi connectivity index (χ2n) is 11.0. The number of aryl methyl sites for hydroxylation is 1. The Bertz CT molecular complexity index is 1610. The number of hydrogen-bond acceptors (Lipinski definition) is 8. The quantitative estimate of drug-likeness (QED) is 0.435. The number of fused-ring (bicyclic) bond motifs is 1. The predicted molar refractivity (Wildman–Crippen MR) is 143 cm³/mol. The fraction of sp³-hybridized carbons (Fsp3) is 0.577. The van der Waals surface area contributed by atoms with E-state index in [1.807, 2.05) is 4.90 Å². The number of carbonyl (C=O) groups excluding carboxylic acids is 1. The van der Waals surface area contributed by atoms with Gasteiger partial charge >= 0.3 is 0 Å². The van der Waals surface area contributed by atoms with Gasteiger partial charge in [0.2, 0.25) is 15.9 Å². The van der Waals surface area contributed by atoms with E-state index < -0.39 is 27.0 Å². The van der Waals surface area contributed by atoms with Crippen LogP contribution in [-0.4, -0.2) is 57.8 Å². The molecule has 14 heteroatoms. The summed E-state index contributed by atoms with van der Waals surface area (Å²) in [5, 5.41) is 21.8. The minimum atomic E-state index is -4.08. The molecule has 2 aromatic heterocycles. The highest BCUT2D eigenvalue weighted by atomic mass is 32.2. The Morgan fingerprint density at radius 1 is 1.18 bits per heavy atom. The summed E-state index contributed by atoms with van der Waals surface area (Å²) in [6, 6.07) is 5.17. The number of sulfonamides is 1. The molecule has 0 bridgehead atoms. The molecule has 0 unspecified atom stereocenters. The van der Waals surface area contributed by atoms with Crippen molar-refractivity contribution in [1.82, 2.24) is 29.6 Å². The van der Waals surface area contributed by atoms with Gasteiger partial charge in [-0.1, -0.05) is 11.3 Å². The lowest BCUT2D eigenvalue weighted by Gasteiger charge is -2.31. The Kier molecular flexibility index (Phi) is 6.87. The number of hydrogen-bond donors (Lipinski definition) is 1. The average molecular weight is 590 g/mol. The molecule has 3 fully saturated rings. The number of rotatable bonds is 7. The molecule has 1 aromatic carbocycles. The predicted octanol–water partition coefficient (Wildman–Crippen LogP) is 4.26. The second-order valence-corrected chi connectivity index (χ2v) is 13.7. The number of nitrogens with one attached hydrogen (secondary N) is 1. The minimum Gasteiger partial charge on any atom is -0.342 e. The third-order valence-electron chi connectivity index (χ3n) is 8.31. The van der Waals surface area contributed by atoms with Crippen LogP contribution in [0, 0.1) is 17.2 Å². The highest BCUT2D eigenvalue weighted by molar-refractivity contribution is 7.89. The van der Waals surface area contributed by atoms with Crippen LogP contribution in [0.15, 0.2) is 17.0 Å². The standard InChI is InChI=1S/C26H29F2N7O3S2/c1-34-21-18(15-4-6-16(7-5-15)25(36)35-10-2-3-11-35)12-17(40(37,38)33-26(14-29)8-9-26)13-19(21)20(32-34)23-30-31-24(39-23)22(27)28/h12-13,15-16,22,33H,2-11H2,1H3. The number of nitrogens with zero attached hydrogens (tertiary/aromatic N) is 6. The Morgan fingerprint density at radius 2 is 1.88 bits per heavy atom. The number of halogens is 2. The monoisotopic (exact) mass is 589 g/mol. The van der Waals surface area contributed by atoms with E-state index in [0.29, 0.717) is 49.4 Å². The SMILES string of the molecule is Cn1nc(-c2nnc(C(F)F)s2)c2cc(S(=O)(=O)NC3(C#N)CC3)cc(C3CCC(C(=O)N4CCCC4)CC3)c21. The summed E-state index contributed by atoms with van der Waals surface area (Å²) in [6.45, 7) is 1.63. The van der Waals surface area contributed by atoms with Crippen molar-refractivity contribution >= 4 is 38.2 Å². The summed E-state index contributed by atoms with van der Waals surface area (Å²) in [5.74, 6) is 0.141. The van der Waals surface area contributed by atoms with Crippen LogP contribution in [0.4, 0.5) is 8.78 Å². The lowest BCUT2D eigenvalue weighted by molar-refractivity contribution is -0.135. The van der Waals surface area contributed by atoms with Crippen molar-refractivity contribution in [3.05, 3.63) is 22.7 Å².